The molecule has 0 aliphatic heterocycles. The number of nitrogens with two attached hydrogens (primary N) is 1. The zero-order chi connectivity index (χ0) is 8.72. The molecule has 3 nitrogen and oxygen atoms in total. The number of aryl methyl sites for hydroxylation is 1. The number of aromatic carboxylic acids is 1. The van der Waals surface area contributed by atoms with Crippen molar-refractivity contribution in [1.29, 1.82) is 0 Å². The highest BCUT2D eigenvalue weighted by Gasteiger charge is 2.24. The van der Waals surface area contributed by atoms with E-state index in [9.17, 15) is 4.79 Å². The zero-order valence-corrected chi connectivity index (χ0v) is 8.50. The van der Waals surface area contributed by atoms with Gasteiger partial charge in [-0.2, -0.15) is 0 Å². The van der Waals surface area contributed by atoms with Crippen molar-refractivity contribution in [3.8, 4) is 0 Å². The van der Waals surface area contributed by atoms with Gasteiger partial charge in [0, 0.05) is 4.88 Å². The van der Waals surface area contributed by atoms with Gasteiger partial charge in [0.1, 0.15) is 5.00 Å². The average molecular weight is 220 g/mol. The van der Waals surface area contributed by atoms with E-state index in [-0.39, 0.29) is 12.4 Å². The first-order valence-corrected chi connectivity index (χ1v) is 4.65. The van der Waals surface area contributed by atoms with Crippen LogP contribution in [-0.2, 0) is 12.8 Å². The first-order valence-electron chi connectivity index (χ1n) is 3.83. The molecular formula is C8H10ClNO2S. The summed E-state index contributed by atoms with van der Waals surface area (Å²) in [6.45, 7) is 0. The molecule has 13 heavy (non-hydrogen) atoms. The van der Waals surface area contributed by atoms with Crippen LogP contribution in [0.5, 0.6) is 0 Å². The monoisotopic (exact) mass is 219 g/mol. The standard InChI is InChI=1S/C8H9NO2S.ClH/c9-7-6(8(10)11)4-2-1-3-5(4)12-7;/h1-3,9H2,(H,10,11);1H. The number of thiophene rings is 1. The van der Waals surface area contributed by atoms with E-state index in [0.717, 1.165) is 24.8 Å². The molecule has 5 heteroatoms. The van der Waals surface area contributed by atoms with E-state index in [1.165, 1.54) is 16.2 Å². The summed E-state index contributed by atoms with van der Waals surface area (Å²) in [5, 5.41) is 9.31. The maximum Gasteiger partial charge on any atom is 0.338 e. The lowest BCUT2D eigenvalue weighted by atomic mass is 10.1. The number of carbonyl (C=O) groups is 1. The Morgan fingerprint density at radius 3 is 2.77 bits per heavy atom. The second kappa shape index (κ2) is 3.55. The minimum atomic E-state index is -0.882. The van der Waals surface area contributed by atoms with Crippen LogP contribution in [-0.4, -0.2) is 11.1 Å². The number of hydrogen-bond donors (Lipinski definition) is 2. The third kappa shape index (κ3) is 1.51. The second-order valence-corrected chi connectivity index (χ2v) is 4.04. The minimum absolute atomic E-state index is 0. The molecular weight excluding hydrogens is 210 g/mol. The Labute approximate surface area is 86.0 Å². The predicted molar refractivity (Wildman–Crippen MR) is 55.0 cm³/mol. The zero-order valence-electron chi connectivity index (χ0n) is 6.87. The third-order valence-electron chi connectivity index (χ3n) is 2.16. The number of rotatable bonds is 1. The highest BCUT2D eigenvalue weighted by molar-refractivity contribution is 7.16. The Morgan fingerprint density at radius 1 is 1.46 bits per heavy atom. The van der Waals surface area contributed by atoms with Gasteiger partial charge < -0.3 is 10.8 Å². The molecule has 0 spiro atoms. The Bertz CT molecular complexity index is 348. The summed E-state index contributed by atoms with van der Waals surface area (Å²) in [7, 11) is 0. The minimum Gasteiger partial charge on any atom is -0.478 e. The molecule has 72 valence electrons. The van der Waals surface area contributed by atoms with Crippen LogP contribution < -0.4 is 5.73 Å². The van der Waals surface area contributed by atoms with Crippen LogP contribution in [0.1, 0.15) is 27.2 Å². The van der Waals surface area contributed by atoms with E-state index in [0.29, 0.717) is 10.6 Å². The van der Waals surface area contributed by atoms with Gasteiger partial charge in [-0.3, -0.25) is 0 Å². The summed E-state index contributed by atoms with van der Waals surface area (Å²) in [5.74, 6) is -0.882. The molecule has 0 amide bonds. The van der Waals surface area contributed by atoms with Gasteiger partial charge in [0.25, 0.3) is 0 Å². The molecule has 0 saturated carbocycles. The van der Waals surface area contributed by atoms with Crippen molar-refractivity contribution in [2.24, 2.45) is 0 Å². The second-order valence-electron chi connectivity index (χ2n) is 2.90. The van der Waals surface area contributed by atoms with Gasteiger partial charge in [0.05, 0.1) is 5.56 Å². The SMILES string of the molecule is Cl.Nc1sc2c(c1C(=O)O)CCC2. The number of anilines is 1. The molecule has 2 rings (SSSR count). The highest BCUT2D eigenvalue weighted by Crippen LogP contribution is 2.36. The molecule has 0 fully saturated rings. The maximum atomic E-state index is 10.8. The van der Waals surface area contributed by atoms with Crippen molar-refractivity contribution < 1.29 is 9.90 Å². The molecule has 0 atom stereocenters. The number of nitrogen functional groups attached to an aromatic ring is 1. The van der Waals surface area contributed by atoms with Gasteiger partial charge in [-0.25, -0.2) is 4.79 Å². The number of halogens is 1. The smallest absolute Gasteiger partial charge is 0.338 e. The van der Waals surface area contributed by atoms with E-state index >= 15 is 0 Å². The first kappa shape index (κ1) is 10.3. The van der Waals surface area contributed by atoms with E-state index in [1.54, 1.807) is 0 Å². The van der Waals surface area contributed by atoms with Crippen LogP contribution in [0.15, 0.2) is 0 Å². The topological polar surface area (TPSA) is 63.3 Å². The van der Waals surface area contributed by atoms with Gasteiger partial charge in [0.15, 0.2) is 0 Å². The van der Waals surface area contributed by atoms with Crippen LogP contribution in [0.3, 0.4) is 0 Å². The summed E-state index contributed by atoms with van der Waals surface area (Å²) < 4.78 is 0. The molecule has 1 aliphatic carbocycles. The molecule has 3 N–H and O–H groups in total. The Kier molecular flexibility index (Phi) is 2.83. The molecule has 0 aromatic carbocycles. The normalized spacial score (nSPS) is 13.5. The molecule has 1 heterocycles. The largest absolute Gasteiger partial charge is 0.478 e. The van der Waals surface area contributed by atoms with Crippen molar-refractivity contribution in [3.63, 3.8) is 0 Å². The molecule has 0 unspecified atom stereocenters. The van der Waals surface area contributed by atoms with Crippen molar-refractivity contribution in [1.82, 2.24) is 0 Å². The number of fused-ring (bicyclic) bond motifs is 1. The fourth-order valence-electron chi connectivity index (χ4n) is 1.66. The highest BCUT2D eigenvalue weighted by atomic mass is 35.5. The van der Waals surface area contributed by atoms with Crippen molar-refractivity contribution in [2.45, 2.75) is 19.3 Å². The summed E-state index contributed by atoms with van der Waals surface area (Å²) in [6, 6.07) is 0. The summed E-state index contributed by atoms with van der Waals surface area (Å²) in [6.07, 6.45) is 2.95. The van der Waals surface area contributed by atoms with E-state index in [2.05, 4.69) is 0 Å². The van der Waals surface area contributed by atoms with E-state index in [4.69, 9.17) is 10.8 Å². The van der Waals surface area contributed by atoms with Crippen LogP contribution in [0.2, 0.25) is 0 Å². The number of carboxylic acids is 1. The van der Waals surface area contributed by atoms with Gasteiger partial charge >= 0.3 is 5.97 Å². The molecule has 0 radical (unpaired) electrons. The Morgan fingerprint density at radius 2 is 2.15 bits per heavy atom. The van der Waals surface area contributed by atoms with E-state index in [1.807, 2.05) is 0 Å². The molecule has 1 aliphatic rings. The van der Waals surface area contributed by atoms with Crippen LogP contribution in [0.4, 0.5) is 5.00 Å². The molecule has 0 bridgehead atoms. The fourth-order valence-corrected chi connectivity index (χ4v) is 2.81. The number of hydrogen-bond acceptors (Lipinski definition) is 3. The number of carboxylic acid groups (broad SMARTS) is 1. The van der Waals surface area contributed by atoms with Crippen molar-refractivity contribution in [3.05, 3.63) is 16.0 Å². The summed E-state index contributed by atoms with van der Waals surface area (Å²) in [5.41, 5.74) is 6.92. The Hall–Kier alpha value is -0.740. The van der Waals surface area contributed by atoms with Gasteiger partial charge in [-0.05, 0) is 24.8 Å². The summed E-state index contributed by atoms with van der Waals surface area (Å²) in [4.78, 5) is 11.9. The van der Waals surface area contributed by atoms with Gasteiger partial charge in [-0.15, -0.1) is 23.7 Å². The molecule has 1 aromatic rings. The Balaban J connectivity index is 0.000000845. The third-order valence-corrected chi connectivity index (χ3v) is 3.28. The summed E-state index contributed by atoms with van der Waals surface area (Å²) >= 11 is 1.43. The molecule has 0 saturated heterocycles. The van der Waals surface area contributed by atoms with E-state index < -0.39 is 5.97 Å². The molecule has 1 aromatic heterocycles. The first-order chi connectivity index (χ1) is 5.70. The van der Waals surface area contributed by atoms with Crippen LogP contribution >= 0.6 is 23.7 Å². The lowest BCUT2D eigenvalue weighted by molar-refractivity contribution is 0.0697. The van der Waals surface area contributed by atoms with Crippen molar-refractivity contribution >= 4 is 34.7 Å². The van der Waals surface area contributed by atoms with Crippen LogP contribution in [0, 0.1) is 0 Å². The quantitative estimate of drug-likeness (QED) is 0.759. The average Bonchev–Trinajstić information content (AvgIpc) is 2.44. The van der Waals surface area contributed by atoms with Gasteiger partial charge in [0.2, 0.25) is 0 Å². The lowest BCUT2D eigenvalue weighted by Gasteiger charge is -1.94. The van der Waals surface area contributed by atoms with Crippen molar-refractivity contribution in [2.75, 3.05) is 5.73 Å². The maximum absolute atomic E-state index is 10.8. The van der Waals surface area contributed by atoms with Crippen LogP contribution in [0.25, 0.3) is 0 Å². The predicted octanol–water partition coefficient (Wildman–Crippen LogP) is 1.94. The van der Waals surface area contributed by atoms with Gasteiger partial charge in [-0.1, -0.05) is 0 Å². The lowest BCUT2D eigenvalue weighted by Crippen LogP contribution is -2.01. The fraction of sp³-hybridized carbons (Fsp3) is 0.375.